The van der Waals surface area contributed by atoms with Gasteiger partial charge >= 0.3 is 0 Å². The Morgan fingerprint density at radius 2 is 1.96 bits per heavy atom. The van der Waals surface area contributed by atoms with E-state index in [9.17, 15) is 4.79 Å². The number of nitrogens with zero attached hydrogens (tertiary/aromatic N) is 5. The Hall–Kier alpha value is -2.74. The number of benzene rings is 1. The second-order valence-electron chi connectivity index (χ2n) is 7.68. The summed E-state index contributed by atoms with van der Waals surface area (Å²) in [5.41, 5.74) is 2.35. The minimum Gasteiger partial charge on any atom is -0.341 e. The molecule has 1 aliphatic rings. The molecule has 1 unspecified atom stereocenters. The number of fused-ring (bicyclic) bond motifs is 1. The fourth-order valence-corrected chi connectivity index (χ4v) is 3.88. The van der Waals surface area contributed by atoms with Crippen molar-refractivity contribution in [2.24, 2.45) is 0 Å². The first-order chi connectivity index (χ1) is 13.5. The van der Waals surface area contributed by atoms with Crippen molar-refractivity contribution in [1.82, 2.24) is 35.2 Å². The molecule has 2 aromatic heterocycles. The van der Waals surface area contributed by atoms with Gasteiger partial charge in [0.2, 0.25) is 0 Å². The Morgan fingerprint density at radius 3 is 2.71 bits per heavy atom. The van der Waals surface area contributed by atoms with Gasteiger partial charge in [0.1, 0.15) is 5.82 Å². The number of piperidine rings is 1. The summed E-state index contributed by atoms with van der Waals surface area (Å²) in [6.07, 6.45) is 3.75. The second-order valence-corrected chi connectivity index (χ2v) is 7.68. The van der Waals surface area contributed by atoms with E-state index in [2.05, 4.69) is 45.4 Å². The maximum absolute atomic E-state index is 12.7. The van der Waals surface area contributed by atoms with Gasteiger partial charge in [-0.05, 0) is 58.8 Å². The lowest BCUT2D eigenvalue weighted by atomic mass is 10.1. The lowest BCUT2D eigenvalue weighted by molar-refractivity contribution is 0.0932. The van der Waals surface area contributed by atoms with Crippen LogP contribution in [0.25, 0.3) is 11.0 Å². The Labute approximate surface area is 164 Å². The molecule has 3 heterocycles. The monoisotopic (exact) mass is 381 g/mol. The number of imidazole rings is 1. The summed E-state index contributed by atoms with van der Waals surface area (Å²) < 4.78 is 4.00. The molecule has 1 fully saturated rings. The molecule has 4 rings (SSSR count). The minimum atomic E-state index is -0.244. The van der Waals surface area contributed by atoms with Crippen molar-refractivity contribution in [3.63, 3.8) is 0 Å². The third-order valence-electron chi connectivity index (χ3n) is 5.30. The number of rotatable bonds is 5. The number of aromatic nitrogens is 5. The molecule has 148 valence electrons. The number of amides is 1. The number of nitrogens with one attached hydrogen (secondary N) is 2. The molecule has 1 aliphatic heterocycles. The zero-order valence-electron chi connectivity index (χ0n) is 16.6. The van der Waals surface area contributed by atoms with Crippen LogP contribution in [-0.2, 0) is 0 Å². The van der Waals surface area contributed by atoms with Gasteiger partial charge in [0.25, 0.3) is 5.91 Å². The number of para-hydroxylation sites is 2. The van der Waals surface area contributed by atoms with Crippen LogP contribution in [0.5, 0.6) is 0 Å². The fraction of sp³-hybridized carbons (Fsp3) is 0.500. The Kier molecular flexibility index (Phi) is 5.13. The molecular formula is C20H27N7O. The summed E-state index contributed by atoms with van der Waals surface area (Å²) in [5.74, 6) is 0.616. The van der Waals surface area contributed by atoms with E-state index in [-0.39, 0.29) is 18.0 Å². The molecule has 0 saturated carbocycles. The normalized spacial score (nSPS) is 16.6. The second kappa shape index (κ2) is 7.71. The topological polar surface area (TPSA) is 89.7 Å². The maximum atomic E-state index is 12.7. The molecule has 8 nitrogen and oxygen atoms in total. The van der Waals surface area contributed by atoms with Crippen molar-refractivity contribution in [3.8, 4) is 0 Å². The average Bonchev–Trinajstić information content (AvgIpc) is 3.34. The number of carbonyl (C=O) groups is 1. The molecule has 3 aromatic rings. The van der Waals surface area contributed by atoms with E-state index >= 15 is 0 Å². The molecule has 0 aliphatic carbocycles. The first-order valence-corrected chi connectivity index (χ1v) is 9.95. The highest BCUT2D eigenvalue weighted by molar-refractivity contribution is 5.92. The highest BCUT2D eigenvalue weighted by Gasteiger charge is 2.23. The zero-order chi connectivity index (χ0) is 19.7. The summed E-state index contributed by atoms with van der Waals surface area (Å²) in [7, 11) is 0. The van der Waals surface area contributed by atoms with E-state index < -0.39 is 0 Å². The molecule has 1 amide bonds. The maximum Gasteiger partial charge on any atom is 0.274 e. The van der Waals surface area contributed by atoms with Gasteiger partial charge in [0.05, 0.1) is 29.3 Å². The standard InChI is InChI=1S/C20H27N7O/c1-13(2)27-18-7-5-4-6-16(18)23-19(27)14(3)22-20(28)17-12-26(25-24-17)15-8-10-21-11-9-15/h4-7,12-15,21H,8-11H2,1-3H3,(H,22,28). The summed E-state index contributed by atoms with van der Waals surface area (Å²) >= 11 is 0. The summed E-state index contributed by atoms with van der Waals surface area (Å²) in [5, 5.41) is 14.6. The SMILES string of the molecule is CC(NC(=O)c1cn(C2CCNCC2)nn1)c1nc2ccccc2n1C(C)C. The van der Waals surface area contributed by atoms with Gasteiger partial charge in [-0.3, -0.25) is 4.79 Å². The Morgan fingerprint density at radius 1 is 1.21 bits per heavy atom. The highest BCUT2D eigenvalue weighted by atomic mass is 16.2. The van der Waals surface area contributed by atoms with Crippen LogP contribution in [0.2, 0.25) is 0 Å². The van der Waals surface area contributed by atoms with E-state index in [4.69, 9.17) is 4.98 Å². The van der Waals surface area contributed by atoms with Gasteiger partial charge < -0.3 is 15.2 Å². The van der Waals surface area contributed by atoms with E-state index in [0.29, 0.717) is 11.7 Å². The molecule has 28 heavy (non-hydrogen) atoms. The molecule has 1 atom stereocenters. The average molecular weight is 381 g/mol. The Bertz CT molecular complexity index is 968. The quantitative estimate of drug-likeness (QED) is 0.709. The molecule has 1 saturated heterocycles. The van der Waals surface area contributed by atoms with Crippen LogP contribution in [0.15, 0.2) is 30.5 Å². The van der Waals surface area contributed by atoms with E-state index in [1.54, 1.807) is 6.20 Å². The van der Waals surface area contributed by atoms with Gasteiger partial charge in [0, 0.05) is 6.04 Å². The van der Waals surface area contributed by atoms with Crippen LogP contribution in [0.1, 0.15) is 68.1 Å². The third kappa shape index (κ3) is 3.52. The number of hydrogen-bond donors (Lipinski definition) is 2. The summed E-state index contributed by atoms with van der Waals surface area (Å²) in [4.78, 5) is 17.5. The predicted octanol–water partition coefficient (Wildman–Crippen LogP) is 2.62. The molecule has 1 aromatic carbocycles. The Balaban J connectivity index is 1.53. The van der Waals surface area contributed by atoms with Gasteiger partial charge in [0.15, 0.2) is 5.69 Å². The largest absolute Gasteiger partial charge is 0.341 e. The minimum absolute atomic E-state index is 0.227. The van der Waals surface area contributed by atoms with Crippen LogP contribution in [0.3, 0.4) is 0 Å². The van der Waals surface area contributed by atoms with Crippen molar-refractivity contribution in [1.29, 1.82) is 0 Å². The zero-order valence-corrected chi connectivity index (χ0v) is 16.6. The number of carbonyl (C=O) groups excluding carboxylic acids is 1. The molecular weight excluding hydrogens is 354 g/mol. The third-order valence-corrected chi connectivity index (χ3v) is 5.30. The van der Waals surface area contributed by atoms with Crippen molar-refractivity contribution < 1.29 is 4.79 Å². The molecule has 8 heteroatoms. The van der Waals surface area contributed by atoms with E-state index in [0.717, 1.165) is 42.8 Å². The first kappa shape index (κ1) is 18.6. The molecule has 0 spiro atoms. The van der Waals surface area contributed by atoms with Gasteiger partial charge in [-0.2, -0.15) is 0 Å². The van der Waals surface area contributed by atoms with Gasteiger partial charge in [-0.1, -0.05) is 17.3 Å². The lowest BCUT2D eigenvalue weighted by Crippen LogP contribution is -2.30. The number of hydrogen-bond acceptors (Lipinski definition) is 5. The molecule has 0 radical (unpaired) electrons. The first-order valence-electron chi connectivity index (χ1n) is 9.95. The van der Waals surface area contributed by atoms with Crippen LogP contribution in [0.4, 0.5) is 0 Å². The van der Waals surface area contributed by atoms with Crippen LogP contribution in [-0.4, -0.2) is 43.5 Å². The van der Waals surface area contributed by atoms with Gasteiger partial charge in [-0.25, -0.2) is 9.67 Å². The lowest BCUT2D eigenvalue weighted by Gasteiger charge is -2.22. The van der Waals surface area contributed by atoms with Crippen LogP contribution in [0, 0.1) is 0 Å². The van der Waals surface area contributed by atoms with Gasteiger partial charge in [-0.15, -0.1) is 5.10 Å². The van der Waals surface area contributed by atoms with E-state index in [1.165, 1.54) is 0 Å². The van der Waals surface area contributed by atoms with Crippen molar-refractivity contribution in [2.75, 3.05) is 13.1 Å². The molecule has 0 bridgehead atoms. The van der Waals surface area contributed by atoms with E-state index in [1.807, 2.05) is 29.8 Å². The summed E-state index contributed by atoms with van der Waals surface area (Å²) in [6.45, 7) is 8.13. The summed E-state index contributed by atoms with van der Waals surface area (Å²) in [6, 6.07) is 8.34. The van der Waals surface area contributed by atoms with Crippen LogP contribution < -0.4 is 10.6 Å². The predicted molar refractivity (Wildman–Crippen MR) is 107 cm³/mol. The van der Waals surface area contributed by atoms with Crippen molar-refractivity contribution in [3.05, 3.63) is 42.0 Å². The molecule has 2 N–H and O–H groups in total. The van der Waals surface area contributed by atoms with Crippen molar-refractivity contribution >= 4 is 16.9 Å². The van der Waals surface area contributed by atoms with Crippen LogP contribution >= 0.6 is 0 Å². The smallest absolute Gasteiger partial charge is 0.274 e. The fourth-order valence-electron chi connectivity index (χ4n) is 3.88. The highest BCUT2D eigenvalue weighted by Crippen LogP contribution is 2.25. The van der Waals surface area contributed by atoms with Crippen molar-refractivity contribution in [2.45, 2.75) is 51.7 Å².